The number of hydrogen-bond acceptors (Lipinski definition) is 4. The highest BCUT2D eigenvalue weighted by atomic mass is 32.1. The Hall–Kier alpha value is -1.75. The van der Waals surface area contributed by atoms with Crippen LogP contribution >= 0.6 is 11.3 Å². The summed E-state index contributed by atoms with van der Waals surface area (Å²) in [5.41, 5.74) is 0.401. The fourth-order valence-corrected chi connectivity index (χ4v) is 2.54. The van der Waals surface area contributed by atoms with Crippen LogP contribution in [0.3, 0.4) is 0 Å². The minimum Gasteiger partial charge on any atom is -0.296 e. The molecule has 0 spiro atoms. The second-order valence-corrected chi connectivity index (χ2v) is 5.51. The summed E-state index contributed by atoms with van der Waals surface area (Å²) in [6, 6.07) is 5.24. The third-order valence-electron chi connectivity index (χ3n) is 2.28. The highest BCUT2D eigenvalue weighted by molar-refractivity contribution is 7.15. The summed E-state index contributed by atoms with van der Waals surface area (Å²) < 4.78 is 0. The van der Waals surface area contributed by atoms with Crippen molar-refractivity contribution in [3.05, 3.63) is 41.2 Å². The van der Waals surface area contributed by atoms with E-state index in [9.17, 15) is 4.79 Å². The van der Waals surface area contributed by atoms with Crippen LogP contribution in [0.4, 0.5) is 5.13 Å². The number of amides is 1. The van der Waals surface area contributed by atoms with E-state index in [4.69, 9.17) is 0 Å². The van der Waals surface area contributed by atoms with Crippen LogP contribution in [-0.2, 0) is 6.42 Å². The van der Waals surface area contributed by atoms with E-state index in [2.05, 4.69) is 29.1 Å². The van der Waals surface area contributed by atoms with Gasteiger partial charge >= 0.3 is 0 Å². The molecule has 0 fully saturated rings. The molecule has 0 aromatic carbocycles. The van der Waals surface area contributed by atoms with Gasteiger partial charge in [0.15, 0.2) is 5.13 Å². The molecule has 0 aliphatic heterocycles. The summed E-state index contributed by atoms with van der Waals surface area (Å²) in [5.74, 6) is 0.367. The third kappa shape index (κ3) is 3.37. The molecule has 4 nitrogen and oxygen atoms in total. The maximum absolute atomic E-state index is 11.8. The number of nitrogens with one attached hydrogen (secondary N) is 1. The molecule has 2 aromatic rings. The first-order chi connectivity index (χ1) is 8.65. The molecule has 0 saturated heterocycles. The average Bonchev–Trinajstić information content (AvgIpc) is 2.76. The van der Waals surface area contributed by atoms with E-state index in [-0.39, 0.29) is 5.91 Å². The Morgan fingerprint density at radius 3 is 2.89 bits per heavy atom. The van der Waals surface area contributed by atoms with E-state index in [1.54, 1.807) is 24.4 Å². The van der Waals surface area contributed by atoms with E-state index in [0.717, 1.165) is 6.42 Å². The largest absolute Gasteiger partial charge is 0.296 e. The summed E-state index contributed by atoms with van der Waals surface area (Å²) in [6.07, 6.45) is 4.40. The van der Waals surface area contributed by atoms with Crippen LogP contribution in [0.2, 0.25) is 0 Å². The Labute approximate surface area is 110 Å². The van der Waals surface area contributed by atoms with Gasteiger partial charge in [-0.3, -0.25) is 15.1 Å². The van der Waals surface area contributed by atoms with Gasteiger partial charge in [0.25, 0.3) is 5.91 Å². The van der Waals surface area contributed by atoms with Gasteiger partial charge in [0, 0.05) is 17.3 Å². The molecule has 94 valence electrons. The van der Waals surface area contributed by atoms with Crippen LogP contribution in [0, 0.1) is 5.92 Å². The van der Waals surface area contributed by atoms with Crippen molar-refractivity contribution in [1.82, 2.24) is 9.97 Å². The lowest BCUT2D eigenvalue weighted by atomic mass is 10.1. The number of aromatic nitrogens is 2. The number of rotatable bonds is 4. The van der Waals surface area contributed by atoms with Gasteiger partial charge in [-0.25, -0.2) is 4.98 Å². The number of pyridine rings is 1. The van der Waals surface area contributed by atoms with E-state index in [0.29, 0.717) is 16.7 Å². The molecule has 0 unspecified atom stereocenters. The minimum absolute atomic E-state index is 0.221. The molecular weight excluding hydrogens is 246 g/mol. The van der Waals surface area contributed by atoms with Crippen LogP contribution in [0.25, 0.3) is 0 Å². The standard InChI is InChI=1S/C13H15N3OS/c1-9(2)7-10-8-15-13(18-10)16-12(17)11-5-3-4-6-14-11/h3-6,8-9H,7H2,1-2H3,(H,15,16,17). The summed E-state index contributed by atoms with van der Waals surface area (Å²) in [5, 5.41) is 3.38. The van der Waals surface area contributed by atoms with Crippen molar-refractivity contribution < 1.29 is 4.79 Å². The normalized spacial score (nSPS) is 10.6. The lowest BCUT2D eigenvalue weighted by Crippen LogP contribution is -2.12. The fourth-order valence-electron chi connectivity index (χ4n) is 1.52. The zero-order valence-electron chi connectivity index (χ0n) is 10.4. The lowest BCUT2D eigenvalue weighted by molar-refractivity contribution is 0.102. The molecule has 0 aliphatic rings. The van der Waals surface area contributed by atoms with Crippen molar-refractivity contribution in [3.63, 3.8) is 0 Å². The number of anilines is 1. The highest BCUT2D eigenvalue weighted by Gasteiger charge is 2.10. The quantitative estimate of drug-likeness (QED) is 0.920. The van der Waals surface area contributed by atoms with Crippen molar-refractivity contribution >= 4 is 22.4 Å². The molecule has 18 heavy (non-hydrogen) atoms. The lowest BCUT2D eigenvalue weighted by Gasteiger charge is -2.00. The summed E-state index contributed by atoms with van der Waals surface area (Å²) in [4.78, 5) is 21.2. The van der Waals surface area contributed by atoms with Crippen LogP contribution < -0.4 is 5.32 Å². The molecule has 0 atom stereocenters. The molecule has 1 N–H and O–H groups in total. The van der Waals surface area contributed by atoms with Gasteiger partial charge in [0.05, 0.1) is 0 Å². The molecule has 2 rings (SSSR count). The van der Waals surface area contributed by atoms with Crippen molar-refractivity contribution in [2.45, 2.75) is 20.3 Å². The van der Waals surface area contributed by atoms with Crippen molar-refractivity contribution in [3.8, 4) is 0 Å². The van der Waals surface area contributed by atoms with E-state index < -0.39 is 0 Å². The molecular formula is C13H15N3OS. The summed E-state index contributed by atoms with van der Waals surface area (Å²) in [6.45, 7) is 4.32. The number of carbonyl (C=O) groups excluding carboxylic acids is 1. The van der Waals surface area contributed by atoms with Gasteiger partial charge in [0.2, 0.25) is 0 Å². The Bertz CT molecular complexity index is 522. The number of carbonyl (C=O) groups is 1. The molecule has 0 bridgehead atoms. The SMILES string of the molecule is CC(C)Cc1cnc(NC(=O)c2ccccn2)s1. The Morgan fingerprint density at radius 1 is 1.39 bits per heavy atom. The molecule has 2 aromatic heterocycles. The van der Waals surface area contributed by atoms with Gasteiger partial charge in [-0.2, -0.15) is 0 Å². The van der Waals surface area contributed by atoms with Crippen LogP contribution in [0.15, 0.2) is 30.6 Å². The first kappa shape index (κ1) is 12.7. The molecule has 2 heterocycles. The minimum atomic E-state index is -0.221. The molecule has 0 aliphatic carbocycles. The van der Waals surface area contributed by atoms with Gasteiger partial charge in [-0.15, -0.1) is 11.3 Å². The Morgan fingerprint density at radius 2 is 2.22 bits per heavy atom. The van der Waals surface area contributed by atoms with E-state index in [1.807, 2.05) is 6.20 Å². The molecule has 0 saturated carbocycles. The monoisotopic (exact) mass is 261 g/mol. The number of nitrogens with zero attached hydrogens (tertiary/aromatic N) is 2. The van der Waals surface area contributed by atoms with Crippen molar-refractivity contribution in [2.24, 2.45) is 5.92 Å². The van der Waals surface area contributed by atoms with Crippen molar-refractivity contribution in [1.29, 1.82) is 0 Å². The predicted octanol–water partition coefficient (Wildman–Crippen LogP) is 2.99. The maximum atomic E-state index is 11.8. The third-order valence-corrected chi connectivity index (χ3v) is 3.22. The first-order valence-electron chi connectivity index (χ1n) is 5.82. The zero-order valence-corrected chi connectivity index (χ0v) is 11.2. The second kappa shape index (κ2) is 5.73. The second-order valence-electron chi connectivity index (χ2n) is 4.40. The van der Waals surface area contributed by atoms with Gasteiger partial charge in [0.1, 0.15) is 5.69 Å². The maximum Gasteiger partial charge on any atom is 0.276 e. The number of thiazole rings is 1. The summed E-state index contributed by atoms with van der Waals surface area (Å²) >= 11 is 1.51. The van der Waals surface area contributed by atoms with E-state index in [1.165, 1.54) is 16.2 Å². The highest BCUT2D eigenvalue weighted by Crippen LogP contribution is 2.21. The molecule has 0 radical (unpaired) electrons. The van der Waals surface area contributed by atoms with Crippen molar-refractivity contribution in [2.75, 3.05) is 5.32 Å². The molecule has 1 amide bonds. The van der Waals surface area contributed by atoms with Crippen LogP contribution in [0.5, 0.6) is 0 Å². The first-order valence-corrected chi connectivity index (χ1v) is 6.64. The topological polar surface area (TPSA) is 54.9 Å². The van der Waals surface area contributed by atoms with Crippen LogP contribution in [-0.4, -0.2) is 15.9 Å². The molecule has 5 heteroatoms. The van der Waals surface area contributed by atoms with Crippen LogP contribution in [0.1, 0.15) is 29.2 Å². The number of hydrogen-bond donors (Lipinski definition) is 1. The zero-order chi connectivity index (χ0) is 13.0. The van der Waals surface area contributed by atoms with Gasteiger partial charge < -0.3 is 0 Å². The van der Waals surface area contributed by atoms with Gasteiger partial charge in [-0.1, -0.05) is 19.9 Å². The average molecular weight is 261 g/mol. The summed E-state index contributed by atoms with van der Waals surface area (Å²) in [7, 11) is 0. The fraction of sp³-hybridized carbons (Fsp3) is 0.308. The predicted molar refractivity (Wildman–Crippen MR) is 72.8 cm³/mol. The Kier molecular flexibility index (Phi) is 4.04. The van der Waals surface area contributed by atoms with Gasteiger partial charge in [-0.05, 0) is 24.5 Å². The Balaban J connectivity index is 2.01. The van der Waals surface area contributed by atoms with E-state index >= 15 is 0 Å². The smallest absolute Gasteiger partial charge is 0.276 e.